The Morgan fingerprint density at radius 1 is 1.20 bits per heavy atom. The average Bonchev–Trinajstić information content (AvgIpc) is 2.99. The number of fused-ring (bicyclic) bond motifs is 1. The summed E-state index contributed by atoms with van der Waals surface area (Å²) in [6.45, 7) is 1.34. The zero-order valence-corrected chi connectivity index (χ0v) is 14.1. The van der Waals surface area contributed by atoms with Crippen LogP contribution < -0.4 is 10.6 Å². The number of nitrogens with zero attached hydrogens (tertiary/aromatic N) is 1. The summed E-state index contributed by atoms with van der Waals surface area (Å²) in [6, 6.07) is -1.28. The third-order valence-corrected chi connectivity index (χ3v) is 4.93. The molecule has 0 saturated carbocycles. The first-order chi connectivity index (χ1) is 11.9. The molecule has 0 aromatic carbocycles. The standard InChI is InChI=1S/C16H25N3O6/c20-12-10-17-8-2-1-6-16(7-3-9-19(12)16)15(25)18-11(14(23)24)4-5-13(21)22/h11,17H,1-10H2,(H,18,25)(H,21,22)(H,23,24)/t11-,16-/m0/s1. The molecule has 9 nitrogen and oxygen atoms in total. The third-order valence-electron chi connectivity index (χ3n) is 4.93. The van der Waals surface area contributed by atoms with Gasteiger partial charge in [-0.2, -0.15) is 0 Å². The van der Waals surface area contributed by atoms with Gasteiger partial charge in [-0.15, -0.1) is 0 Å². The predicted octanol–water partition coefficient (Wildman–Crippen LogP) is -0.445. The van der Waals surface area contributed by atoms with Gasteiger partial charge >= 0.3 is 11.9 Å². The normalized spacial score (nSPS) is 25.3. The number of hydrogen-bond donors (Lipinski definition) is 4. The van der Waals surface area contributed by atoms with Crippen molar-refractivity contribution in [3.8, 4) is 0 Å². The van der Waals surface area contributed by atoms with Crippen LogP contribution in [-0.2, 0) is 19.2 Å². The van der Waals surface area contributed by atoms with E-state index in [1.165, 1.54) is 0 Å². The summed E-state index contributed by atoms with van der Waals surface area (Å²) >= 11 is 0. The molecule has 2 fully saturated rings. The molecule has 2 amide bonds. The maximum atomic E-state index is 12.9. The highest BCUT2D eigenvalue weighted by Gasteiger charge is 2.49. The summed E-state index contributed by atoms with van der Waals surface area (Å²) in [7, 11) is 0. The van der Waals surface area contributed by atoms with E-state index in [2.05, 4.69) is 10.6 Å². The molecule has 0 aromatic heterocycles. The number of hydrogen-bond acceptors (Lipinski definition) is 5. The lowest BCUT2D eigenvalue weighted by Crippen LogP contribution is -2.60. The van der Waals surface area contributed by atoms with Crippen LogP contribution in [0.2, 0.25) is 0 Å². The molecule has 0 aliphatic carbocycles. The van der Waals surface area contributed by atoms with E-state index in [0.717, 1.165) is 12.8 Å². The maximum absolute atomic E-state index is 12.9. The molecule has 2 atom stereocenters. The Kier molecular flexibility index (Phi) is 6.35. The molecule has 2 aliphatic rings. The van der Waals surface area contributed by atoms with Crippen LogP contribution >= 0.6 is 0 Å². The monoisotopic (exact) mass is 355 g/mol. The van der Waals surface area contributed by atoms with Crippen molar-refractivity contribution in [2.24, 2.45) is 0 Å². The molecule has 0 bridgehead atoms. The van der Waals surface area contributed by atoms with Crippen LogP contribution in [0.3, 0.4) is 0 Å². The predicted molar refractivity (Wildman–Crippen MR) is 86.8 cm³/mol. The van der Waals surface area contributed by atoms with E-state index in [0.29, 0.717) is 32.4 Å². The molecular weight excluding hydrogens is 330 g/mol. The largest absolute Gasteiger partial charge is 0.481 e. The zero-order valence-electron chi connectivity index (χ0n) is 14.1. The van der Waals surface area contributed by atoms with Gasteiger partial charge in [0.25, 0.3) is 0 Å². The second-order valence-electron chi connectivity index (χ2n) is 6.61. The van der Waals surface area contributed by atoms with Crippen molar-refractivity contribution >= 4 is 23.8 Å². The minimum atomic E-state index is -1.28. The fourth-order valence-electron chi connectivity index (χ4n) is 3.63. The highest BCUT2D eigenvalue weighted by Crippen LogP contribution is 2.35. The lowest BCUT2D eigenvalue weighted by atomic mass is 9.88. The number of amides is 2. The van der Waals surface area contributed by atoms with Gasteiger partial charge in [0, 0.05) is 13.0 Å². The van der Waals surface area contributed by atoms with Crippen LogP contribution in [0.15, 0.2) is 0 Å². The second kappa shape index (κ2) is 8.28. The SMILES string of the molecule is O=C(O)CC[C@H](NC(=O)[C@@]12CCCCNCC(=O)N1CCC2)C(=O)O. The number of carbonyl (C=O) groups is 4. The molecule has 2 aliphatic heterocycles. The molecule has 0 spiro atoms. The van der Waals surface area contributed by atoms with Crippen molar-refractivity contribution in [2.45, 2.75) is 56.5 Å². The molecule has 0 aromatic rings. The van der Waals surface area contributed by atoms with Gasteiger partial charge in [-0.1, -0.05) is 0 Å². The Bertz CT molecular complexity index is 552. The van der Waals surface area contributed by atoms with Crippen molar-refractivity contribution in [3.05, 3.63) is 0 Å². The second-order valence-corrected chi connectivity index (χ2v) is 6.61. The summed E-state index contributed by atoms with van der Waals surface area (Å²) in [5.41, 5.74) is -1.03. The van der Waals surface area contributed by atoms with Crippen molar-refractivity contribution < 1.29 is 29.4 Å². The summed E-state index contributed by atoms with van der Waals surface area (Å²) in [5, 5.41) is 23.5. The fraction of sp³-hybridized carbons (Fsp3) is 0.750. The van der Waals surface area contributed by atoms with E-state index < -0.39 is 29.4 Å². The molecule has 9 heteroatoms. The summed E-state index contributed by atoms with van der Waals surface area (Å²) in [6.07, 6.45) is 2.70. The molecule has 4 N–H and O–H groups in total. The number of rotatable bonds is 6. The van der Waals surface area contributed by atoms with Crippen molar-refractivity contribution in [1.82, 2.24) is 15.5 Å². The Balaban J connectivity index is 2.18. The zero-order chi connectivity index (χ0) is 18.4. The van der Waals surface area contributed by atoms with Gasteiger partial charge in [-0.05, 0) is 45.1 Å². The molecular formula is C16H25N3O6. The number of nitrogens with one attached hydrogen (secondary N) is 2. The van der Waals surface area contributed by atoms with Gasteiger partial charge in [-0.3, -0.25) is 14.4 Å². The molecule has 140 valence electrons. The number of aliphatic carboxylic acids is 2. The van der Waals surface area contributed by atoms with E-state index >= 15 is 0 Å². The molecule has 2 saturated heterocycles. The Morgan fingerprint density at radius 3 is 2.60 bits per heavy atom. The van der Waals surface area contributed by atoms with Crippen molar-refractivity contribution in [2.75, 3.05) is 19.6 Å². The summed E-state index contributed by atoms with van der Waals surface area (Å²) < 4.78 is 0. The summed E-state index contributed by atoms with van der Waals surface area (Å²) in [5.74, 6) is -3.04. The van der Waals surface area contributed by atoms with E-state index in [1.807, 2.05) is 0 Å². The van der Waals surface area contributed by atoms with E-state index in [1.54, 1.807) is 4.90 Å². The molecule has 25 heavy (non-hydrogen) atoms. The van der Waals surface area contributed by atoms with Crippen LogP contribution in [0.1, 0.15) is 44.9 Å². The molecule has 0 radical (unpaired) electrons. The first-order valence-corrected chi connectivity index (χ1v) is 8.63. The first-order valence-electron chi connectivity index (χ1n) is 8.63. The van der Waals surface area contributed by atoms with Crippen LogP contribution in [0.5, 0.6) is 0 Å². The van der Waals surface area contributed by atoms with E-state index in [4.69, 9.17) is 5.11 Å². The Morgan fingerprint density at radius 2 is 1.92 bits per heavy atom. The van der Waals surface area contributed by atoms with Crippen LogP contribution in [-0.4, -0.2) is 70.1 Å². The van der Waals surface area contributed by atoms with Gasteiger partial charge in [0.1, 0.15) is 11.6 Å². The summed E-state index contributed by atoms with van der Waals surface area (Å²) in [4.78, 5) is 49.0. The van der Waals surface area contributed by atoms with Gasteiger partial charge in [0.05, 0.1) is 6.54 Å². The average molecular weight is 355 g/mol. The maximum Gasteiger partial charge on any atom is 0.326 e. The lowest BCUT2D eigenvalue weighted by Gasteiger charge is -2.37. The topological polar surface area (TPSA) is 136 Å². The molecule has 2 rings (SSSR count). The number of carboxylic acid groups (broad SMARTS) is 2. The van der Waals surface area contributed by atoms with Gasteiger partial charge in [0.2, 0.25) is 11.8 Å². The minimum Gasteiger partial charge on any atom is -0.481 e. The van der Waals surface area contributed by atoms with E-state index in [9.17, 15) is 24.3 Å². The van der Waals surface area contributed by atoms with Crippen molar-refractivity contribution in [3.63, 3.8) is 0 Å². The number of carbonyl (C=O) groups excluding carboxylic acids is 2. The fourth-order valence-corrected chi connectivity index (χ4v) is 3.63. The minimum absolute atomic E-state index is 0.160. The van der Waals surface area contributed by atoms with Gasteiger partial charge in [-0.25, -0.2) is 4.79 Å². The highest BCUT2D eigenvalue weighted by atomic mass is 16.4. The quantitative estimate of drug-likeness (QED) is 0.507. The van der Waals surface area contributed by atoms with Crippen LogP contribution in [0.4, 0.5) is 0 Å². The lowest BCUT2D eigenvalue weighted by molar-refractivity contribution is -0.148. The van der Waals surface area contributed by atoms with Gasteiger partial charge < -0.3 is 25.7 Å². The first kappa shape index (κ1) is 19.2. The Labute approximate surface area is 145 Å². The van der Waals surface area contributed by atoms with E-state index in [-0.39, 0.29) is 25.3 Å². The van der Waals surface area contributed by atoms with Crippen LogP contribution in [0.25, 0.3) is 0 Å². The Hall–Kier alpha value is -2.16. The molecule has 2 heterocycles. The van der Waals surface area contributed by atoms with Crippen LogP contribution in [0, 0.1) is 0 Å². The third kappa shape index (κ3) is 4.47. The number of carboxylic acids is 2. The van der Waals surface area contributed by atoms with Crippen molar-refractivity contribution in [1.29, 1.82) is 0 Å². The van der Waals surface area contributed by atoms with Gasteiger partial charge in [0.15, 0.2) is 0 Å². The molecule has 0 unspecified atom stereocenters. The smallest absolute Gasteiger partial charge is 0.326 e. The highest BCUT2D eigenvalue weighted by molar-refractivity contribution is 5.94.